The molecule has 5 nitrogen and oxygen atoms in total. The molecule has 3 aromatic carbocycles. The van der Waals surface area contributed by atoms with E-state index < -0.39 is 11.8 Å². The number of rotatable bonds is 6. The van der Waals surface area contributed by atoms with E-state index in [1.54, 1.807) is 30.3 Å². The van der Waals surface area contributed by atoms with Crippen molar-refractivity contribution in [2.45, 2.75) is 20.0 Å². The number of amides is 2. The minimum Gasteiger partial charge on any atom is -0.489 e. The minimum absolute atomic E-state index is 0.00732. The number of nitrogens with one attached hydrogen (secondary N) is 1. The molecule has 0 spiro atoms. The molecule has 0 saturated carbocycles. The maximum atomic E-state index is 13.1. The molecule has 0 bridgehead atoms. The van der Waals surface area contributed by atoms with E-state index in [1.165, 1.54) is 4.90 Å². The van der Waals surface area contributed by atoms with Gasteiger partial charge < -0.3 is 4.74 Å². The van der Waals surface area contributed by atoms with E-state index in [-0.39, 0.29) is 10.7 Å². The van der Waals surface area contributed by atoms with Crippen LogP contribution in [0.25, 0.3) is 6.08 Å². The smallest absolute Gasteiger partial charge is 0.270 e. The van der Waals surface area contributed by atoms with E-state index in [0.29, 0.717) is 28.6 Å². The fraction of sp³-hybridized carbons (Fsp3) is 0.115. The molecule has 1 N–H and O–H groups in total. The summed E-state index contributed by atoms with van der Waals surface area (Å²) in [5.41, 5.74) is 3.33. The fourth-order valence-electron chi connectivity index (χ4n) is 3.38. The highest BCUT2D eigenvalue weighted by Crippen LogP contribution is 2.24. The summed E-state index contributed by atoms with van der Waals surface area (Å²) in [5, 5.41) is 3.31. The summed E-state index contributed by atoms with van der Waals surface area (Å²) in [7, 11) is 0. The van der Waals surface area contributed by atoms with Crippen molar-refractivity contribution in [3.05, 3.63) is 100 Å². The van der Waals surface area contributed by atoms with Gasteiger partial charge in [0.25, 0.3) is 11.8 Å². The van der Waals surface area contributed by atoms with Crippen LogP contribution in [0.2, 0.25) is 5.02 Å². The largest absolute Gasteiger partial charge is 0.489 e. The summed E-state index contributed by atoms with van der Waals surface area (Å²) in [4.78, 5) is 27.0. The van der Waals surface area contributed by atoms with Gasteiger partial charge in [-0.2, -0.15) is 0 Å². The maximum Gasteiger partial charge on any atom is 0.270 e. The second-order valence-electron chi connectivity index (χ2n) is 7.43. The van der Waals surface area contributed by atoms with E-state index in [2.05, 4.69) is 12.2 Å². The summed E-state index contributed by atoms with van der Waals surface area (Å²) in [6.07, 6.45) is 2.43. The van der Waals surface area contributed by atoms with Gasteiger partial charge in [-0.25, -0.2) is 0 Å². The quantitative estimate of drug-likeness (QED) is 0.297. The molecule has 4 rings (SSSR count). The Morgan fingerprint density at radius 3 is 2.36 bits per heavy atom. The number of benzene rings is 3. The molecular formula is C26H21ClN2O3S. The molecule has 0 aromatic heterocycles. The first-order valence-corrected chi connectivity index (χ1v) is 11.2. The predicted octanol–water partition coefficient (Wildman–Crippen LogP) is 5.31. The summed E-state index contributed by atoms with van der Waals surface area (Å²) in [5.74, 6) is -0.340. The Kier molecular flexibility index (Phi) is 6.87. The average Bonchev–Trinajstić information content (AvgIpc) is 2.82. The van der Waals surface area contributed by atoms with Crippen LogP contribution in [-0.2, 0) is 22.6 Å². The topological polar surface area (TPSA) is 58.6 Å². The van der Waals surface area contributed by atoms with Crippen LogP contribution in [0.1, 0.15) is 23.6 Å². The normalized spacial score (nSPS) is 15.0. The van der Waals surface area contributed by atoms with Gasteiger partial charge in [0.15, 0.2) is 5.11 Å². The lowest BCUT2D eigenvalue weighted by molar-refractivity contribution is -0.122. The van der Waals surface area contributed by atoms with Crippen LogP contribution < -0.4 is 15.0 Å². The lowest BCUT2D eigenvalue weighted by Gasteiger charge is -2.29. The number of aryl methyl sites for hydroxylation is 1. The molecule has 7 heteroatoms. The molecule has 1 aliphatic heterocycles. The van der Waals surface area contributed by atoms with Crippen molar-refractivity contribution in [3.8, 4) is 5.75 Å². The van der Waals surface area contributed by atoms with Crippen LogP contribution in [0.4, 0.5) is 5.69 Å². The molecule has 166 valence electrons. The number of anilines is 1. The standard InChI is InChI=1S/C26H21ClN2O3S/c1-2-17-7-11-20(12-8-17)29-25(31)22(24(30)28-26(29)33)15-18-9-13-21(14-10-18)32-16-19-5-3-4-6-23(19)27/h3-15H,2,16H2,1H3,(H,28,30,33)/b22-15+. The van der Waals surface area contributed by atoms with Gasteiger partial charge in [-0.05, 0) is 66.2 Å². The van der Waals surface area contributed by atoms with E-state index in [0.717, 1.165) is 17.5 Å². The van der Waals surface area contributed by atoms with Gasteiger partial charge in [0.2, 0.25) is 0 Å². The predicted molar refractivity (Wildman–Crippen MR) is 134 cm³/mol. The van der Waals surface area contributed by atoms with E-state index in [9.17, 15) is 9.59 Å². The maximum absolute atomic E-state index is 13.1. The van der Waals surface area contributed by atoms with Crippen molar-refractivity contribution in [3.63, 3.8) is 0 Å². The van der Waals surface area contributed by atoms with E-state index >= 15 is 0 Å². The number of halogens is 1. The van der Waals surface area contributed by atoms with Crippen molar-refractivity contribution in [2.75, 3.05) is 4.90 Å². The molecule has 0 aliphatic carbocycles. The van der Waals surface area contributed by atoms with Gasteiger partial charge in [0.05, 0.1) is 5.69 Å². The summed E-state index contributed by atoms with van der Waals surface area (Å²) < 4.78 is 5.79. The van der Waals surface area contributed by atoms with Gasteiger partial charge in [-0.15, -0.1) is 0 Å². The molecule has 1 saturated heterocycles. The second kappa shape index (κ2) is 9.98. The number of hydrogen-bond donors (Lipinski definition) is 1. The number of thiocarbonyl (C=S) groups is 1. The Hall–Kier alpha value is -3.48. The zero-order chi connectivity index (χ0) is 23.4. The van der Waals surface area contributed by atoms with Crippen LogP contribution in [-0.4, -0.2) is 16.9 Å². The fourth-order valence-corrected chi connectivity index (χ4v) is 3.85. The minimum atomic E-state index is -0.523. The molecule has 3 aromatic rings. The average molecular weight is 477 g/mol. The highest BCUT2D eigenvalue weighted by atomic mass is 35.5. The van der Waals surface area contributed by atoms with Crippen molar-refractivity contribution in [1.82, 2.24) is 5.32 Å². The monoisotopic (exact) mass is 476 g/mol. The number of carbonyl (C=O) groups excluding carboxylic acids is 2. The first-order chi connectivity index (χ1) is 16.0. The number of carbonyl (C=O) groups is 2. The van der Waals surface area contributed by atoms with Crippen LogP contribution in [0.15, 0.2) is 78.4 Å². The number of ether oxygens (including phenoxy) is 1. The Bertz CT molecular complexity index is 1240. The third-order valence-electron chi connectivity index (χ3n) is 5.25. The molecule has 0 atom stereocenters. The molecule has 1 heterocycles. The molecule has 2 amide bonds. The lowest BCUT2D eigenvalue weighted by atomic mass is 10.1. The summed E-state index contributed by atoms with van der Waals surface area (Å²) in [6.45, 7) is 2.39. The highest BCUT2D eigenvalue weighted by Gasteiger charge is 2.34. The van der Waals surface area contributed by atoms with E-state index in [1.807, 2.05) is 48.5 Å². The molecule has 33 heavy (non-hydrogen) atoms. The van der Waals surface area contributed by atoms with Gasteiger partial charge in [-0.3, -0.25) is 19.8 Å². The van der Waals surface area contributed by atoms with Crippen LogP contribution in [0.5, 0.6) is 5.75 Å². The molecular weight excluding hydrogens is 456 g/mol. The van der Waals surface area contributed by atoms with Gasteiger partial charge in [0.1, 0.15) is 17.9 Å². The molecule has 0 unspecified atom stereocenters. The zero-order valence-corrected chi connectivity index (χ0v) is 19.5. The Balaban J connectivity index is 1.51. The lowest BCUT2D eigenvalue weighted by Crippen LogP contribution is -2.54. The van der Waals surface area contributed by atoms with Crippen molar-refractivity contribution < 1.29 is 14.3 Å². The number of hydrogen-bond acceptors (Lipinski definition) is 4. The van der Waals surface area contributed by atoms with Crippen molar-refractivity contribution in [2.24, 2.45) is 0 Å². The first-order valence-electron chi connectivity index (χ1n) is 10.4. The van der Waals surface area contributed by atoms with Gasteiger partial charge in [-0.1, -0.05) is 61.0 Å². The molecule has 0 radical (unpaired) electrons. The second-order valence-corrected chi connectivity index (χ2v) is 8.22. The van der Waals surface area contributed by atoms with Gasteiger partial charge in [0, 0.05) is 10.6 Å². The van der Waals surface area contributed by atoms with Crippen LogP contribution >= 0.6 is 23.8 Å². The zero-order valence-electron chi connectivity index (χ0n) is 17.9. The Labute approximate surface area is 202 Å². The Morgan fingerprint density at radius 1 is 1.00 bits per heavy atom. The third-order valence-corrected chi connectivity index (χ3v) is 5.90. The van der Waals surface area contributed by atoms with Crippen molar-refractivity contribution >= 4 is 52.5 Å². The summed E-state index contributed by atoms with van der Waals surface area (Å²) in [6, 6.07) is 22.1. The van der Waals surface area contributed by atoms with Crippen LogP contribution in [0, 0.1) is 0 Å². The van der Waals surface area contributed by atoms with Crippen LogP contribution in [0.3, 0.4) is 0 Å². The van der Waals surface area contributed by atoms with Crippen molar-refractivity contribution in [1.29, 1.82) is 0 Å². The molecule has 1 aliphatic rings. The molecule has 1 fully saturated rings. The third kappa shape index (κ3) is 5.13. The van der Waals surface area contributed by atoms with Gasteiger partial charge >= 0.3 is 0 Å². The first kappa shape index (κ1) is 22.7. The SMILES string of the molecule is CCc1ccc(N2C(=O)/C(=C/c3ccc(OCc4ccccc4Cl)cc3)C(=O)NC2=S)cc1. The summed E-state index contributed by atoms with van der Waals surface area (Å²) >= 11 is 11.4. The number of nitrogens with zero attached hydrogens (tertiary/aromatic N) is 1. The Morgan fingerprint density at radius 2 is 1.70 bits per heavy atom. The highest BCUT2D eigenvalue weighted by molar-refractivity contribution is 7.80. The van der Waals surface area contributed by atoms with E-state index in [4.69, 9.17) is 28.6 Å².